The maximum atomic E-state index is 13.0. The van der Waals surface area contributed by atoms with E-state index < -0.39 is 34.2 Å². The summed E-state index contributed by atoms with van der Waals surface area (Å²) in [6.45, 7) is 1.67. The number of carboxylic acids is 1. The molecule has 0 saturated heterocycles. The molecule has 0 aliphatic carbocycles. The first-order chi connectivity index (χ1) is 9.86. The van der Waals surface area contributed by atoms with E-state index >= 15 is 0 Å². The smallest absolute Gasteiger partial charge is 0.308 e. The van der Waals surface area contributed by atoms with Gasteiger partial charge in [0, 0.05) is 6.54 Å². The summed E-state index contributed by atoms with van der Waals surface area (Å²) in [7, 11) is 0. The van der Waals surface area contributed by atoms with Crippen LogP contribution in [-0.4, -0.2) is 28.5 Å². The number of hydrogen-bond donors (Lipinski definition) is 2. The molecular formula is C13H15FN2O5. The fourth-order valence-corrected chi connectivity index (χ4v) is 1.82. The first-order valence-corrected chi connectivity index (χ1v) is 6.31. The zero-order valence-electron chi connectivity index (χ0n) is 11.3. The molecule has 0 radical (unpaired) electrons. The Bertz CT molecular complexity index is 561. The van der Waals surface area contributed by atoms with Gasteiger partial charge >= 0.3 is 5.97 Å². The highest BCUT2D eigenvalue weighted by Crippen LogP contribution is 2.19. The second-order valence-corrected chi connectivity index (χ2v) is 4.45. The number of hydrogen-bond acceptors (Lipinski definition) is 4. The number of rotatable bonds is 7. The largest absolute Gasteiger partial charge is 0.481 e. The van der Waals surface area contributed by atoms with Crippen LogP contribution in [0.5, 0.6) is 0 Å². The zero-order valence-corrected chi connectivity index (χ0v) is 11.3. The number of carboxylic acid groups (broad SMARTS) is 1. The molecule has 8 heteroatoms. The van der Waals surface area contributed by atoms with Gasteiger partial charge in [0.1, 0.15) is 11.4 Å². The molecule has 21 heavy (non-hydrogen) atoms. The van der Waals surface area contributed by atoms with E-state index in [1.165, 1.54) is 0 Å². The van der Waals surface area contributed by atoms with Crippen LogP contribution in [0.2, 0.25) is 0 Å². The Morgan fingerprint density at radius 3 is 2.67 bits per heavy atom. The molecule has 0 aliphatic heterocycles. The Morgan fingerprint density at radius 1 is 1.48 bits per heavy atom. The molecule has 2 N–H and O–H groups in total. The van der Waals surface area contributed by atoms with Crippen molar-refractivity contribution in [3.05, 3.63) is 39.7 Å². The third kappa shape index (κ3) is 4.51. The Labute approximate surface area is 119 Å². The van der Waals surface area contributed by atoms with Crippen LogP contribution in [0.15, 0.2) is 18.2 Å². The second kappa shape index (κ2) is 7.32. The topological polar surface area (TPSA) is 110 Å². The lowest BCUT2D eigenvalue weighted by atomic mass is 10.0. The molecule has 1 aromatic rings. The van der Waals surface area contributed by atoms with E-state index in [0.29, 0.717) is 18.9 Å². The first kappa shape index (κ1) is 16.5. The van der Waals surface area contributed by atoms with Crippen LogP contribution in [0.3, 0.4) is 0 Å². The third-order valence-corrected chi connectivity index (χ3v) is 2.90. The third-order valence-electron chi connectivity index (χ3n) is 2.90. The summed E-state index contributed by atoms with van der Waals surface area (Å²) in [6, 6.07) is 2.58. The quantitative estimate of drug-likeness (QED) is 0.590. The molecule has 1 unspecified atom stereocenters. The average Bonchev–Trinajstić information content (AvgIpc) is 2.42. The summed E-state index contributed by atoms with van der Waals surface area (Å²) in [5, 5.41) is 22.1. The summed E-state index contributed by atoms with van der Waals surface area (Å²) < 4.78 is 13.0. The molecule has 1 aromatic carbocycles. The van der Waals surface area contributed by atoms with Crippen LogP contribution in [0.25, 0.3) is 0 Å². The molecule has 0 fully saturated rings. The number of amides is 1. The van der Waals surface area contributed by atoms with Crippen molar-refractivity contribution in [2.75, 3.05) is 6.54 Å². The summed E-state index contributed by atoms with van der Waals surface area (Å²) >= 11 is 0. The number of aliphatic carboxylic acids is 1. The van der Waals surface area contributed by atoms with Crippen molar-refractivity contribution in [3.8, 4) is 0 Å². The fraction of sp³-hybridized carbons (Fsp3) is 0.385. The maximum absolute atomic E-state index is 13.0. The van der Waals surface area contributed by atoms with Crippen LogP contribution in [0.4, 0.5) is 10.1 Å². The molecule has 0 saturated carbocycles. The molecule has 1 atom stereocenters. The monoisotopic (exact) mass is 298 g/mol. The number of nitro benzene ring substituents is 1. The van der Waals surface area contributed by atoms with E-state index in [9.17, 15) is 24.1 Å². The zero-order chi connectivity index (χ0) is 16.0. The van der Waals surface area contributed by atoms with Gasteiger partial charge in [0.25, 0.3) is 11.6 Å². The normalized spacial score (nSPS) is 11.7. The van der Waals surface area contributed by atoms with Gasteiger partial charge in [0.2, 0.25) is 0 Å². The van der Waals surface area contributed by atoms with Crippen LogP contribution in [-0.2, 0) is 4.79 Å². The minimum atomic E-state index is -1.05. The highest BCUT2D eigenvalue weighted by Gasteiger charge is 2.23. The van der Waals surface area contributed by atoms with E-state index in [2.05, 4.69) is 5.32 Å². The van der Waals surface area contributed by atoms with E-state index in [1.54, 1.807) is 0 Å². The van der Waals surface area contributed by atoms with Gasteiger partial charge in [-0.25, -0.2) is 4.39 Å². The van der Waals surface area contributed by atoms with Gasteiger partial charge in [-0.3, -0.25) is 19.7 Å². The lowest BCUT2D eigenvalue weighted by Gasteiger charge is -2.12. The number of carbonyl (C=O) groups is 2. The number of nitro groups is 1. The Hall–Kier alpha value is -2.51. The predicted molar refractivity (Wildman–Crippen MR) is 71.4 cm³/mol. The lowest BCUT2D eigenvalue weighted by molar-refractivity contribution is -0.385. The summed E-state index contributed by atoms with van der Waals surface area (Å²) in [5.74, 6) is -3.44. The minimum Gasteiger partial charge on any atom is -0.481 e. The van der Waals surface area contributed by atoms with Crippen molar-refractivity contribution in [2.45, 2.75) is 19.8 Å². The van der Waals surface area contributed by atoms with Crippen molar-refractivity contribution in [2.24, 2.45) is 5.92 Å². The van der Waals surface area contributed by atoms with Gasteiger partial charge in [0.05, 0.1) is 16.9 Å². The molecule has 1 rings (SSSR count). The van der Waals surface area contributed by atoms with E-state index in [1.807, 2.05) is 6.92 Å². The lowest BCUT2D eigenvalue weighted by Crippen LogP contribution is -2.33. The SMILES string of the molecule is CCCC(CNC(=O)c1ccc(F)cc1[N+](=O)[O-])C(=O)O. The van der Waals surface area contributed by atoms with Gasteiger partial charge in [0.15, 0.2) is 0 Å². The van der Waals surface area contributed by atoms with Gasteiger partial charge < -0.3 is 10.4 Å². The van der Waals surface area contributed by atoms with Gasteiger partial charge in [-0.1, -0.05) is 13.3 Å². The molecular weight excluding hydrogens is 283 g/mol. The minimum absolute atomic E-state index is 0.142. The van der Waals surface area contributed by atoms with Crippen molar-refractivity contribution >= 4 is 17.6 Å². The summed E-state index contributed by atoms with van der Waals surface area (Å²) in [5.41, 5.74) is -0.961. The number of carbonyl (C=O) groups excluding carboxylic acids is 1. The van der Waals surface area contributed by atoms with Gasteiger partial charge in [-0.2, -0.15) is 0 Å². The molecule has 114 valence electrons. The van der Waals surface area contributed by atoms with E-state index in [0.717, 1.165) is 12.1 Å². The highest BCUT2D eigenvalue weighted by molar-refractivity contribution is 5.98. The maximum Gasteiger partial charge on any atom is 0.308 e. The number of nitrogens with zero attached hydrogens (tertiary/aromatic N) is 1. The Kier molecular flexibility index (Phi) is 5.77. The molecule has 0 bridgehead atoms. The molecule has 1 amide bonds. The second-order valence-electron chi connectivity index (χ2n) is 4.45. The van der Waals surface area contributed by atoms with Crippen LogP contribution in [0, 0.1) is 21.8 Å². The average molecular weight is 298 g/mol. The van der Waals surface area contributed by atoms with Crippen molar-refractivity contribution in [1.82, 2.24) is 5.32 Å². The van der Waals surface area contributed by atoms with Crippen LogP contribution >= 0.6 is 0 Å². The van der Waals surface area contributed by atoms with Gasteiger partial charge in [-0.05, 0) is 18.6 Å². The fourth-order valence-electron chi connectivity index (χ4n) is 1.82. The summed E-state index contributed by atoms with van der Waals surface area (Å²) in [4.78, 5) is 32.8. The van der Waals surface area contributed by atoms with Crippen molar-refractivity contribution in [3.63, 3.8) is 0 Å². The first-order valence-electron chi connectivity index (χ1n) is 6.31. The molecule has 0 aliphatic rings. The standard InChI is InChI=1S/C13H15FN2O5/c1-2-3-8(13(18)19)7-15-12(17)10-5-4-9(14)6-11(10)16(20)21/h4-6,8H,2-3,7H2,1H3,(H,15,17)(H,18,19). The number of halogens is 1. The van der Waals surface area contributed by atoms with E-state index in [4.69, 9.17) is 5.11 Å². The van der Waals surface area contributed by atoms with Crippen molar-refractivity contribution < 1.29 is 24.0 Å². The highest BCUT2D eigenvalue weighted by atomic mass is 19.1. The molecule has 7 nitrogen and oxygen atoms in total. The Balaban J connectivity index is 2.85. The van der Waals surface area contributed by atoms with Crippen molar-refractivity contribution in [1.29, 1.82) is 0 Å². The predicted octanol–water partition coefficient (Wildman–Crippen LogP) is 1.96. The number of benzene rings is 1. The molecule has 0 aromatic heterocycles. The molecule has 0 spiro atoms. The van der Waals surface area contributed by atoms with Crippen LogP contribution < -0.4 is 5.32 Å². The summed E-state index contributed by atoms with van der Waals surface area (Å²) in [6.07, 6.45) is 1.00. The number of nitrogens with one attached hydrogen (secondary N) is 1. The van der Waals surface area contributed by atoms with Crippen LogP contribution in [0.1, 0.15) is 30.1 Å². The van der Waals surface area contributed by atoms with E-state index in [-0.39, 0.29) is 12.1 Å². The molecule has 0 heterocycles. The Morgan fingerprint density at radius 2 is 2.14 bits per heavy atom. The van der Waals surface area contributed by atoms with Gasteiger partial charge in [-0.15, -0.1) is 0 Å².